The molecule has 0 unspecified atom stereocenters. The van der Waals surface area contributed by atoms with E-state index in [9.17, 15) is 9.59 Å². The van der Waals surface area contributed by atoms with Crippen molar-refractivity contribution in [3.05, 3.63) is 0 Å². The molecule has 0 aromatic rings. The average molecular weight is 261 g/mol. The highest BCUT2D eigenvalue weighted by Crippen LogP contribution is 2.43. The summed E-state index contributed by atoms with van der Waals surface area (Å²) in [5, 5.41) is 11.7. The van der Waals surface area contributed by atoms with E-state index in [1.54, 1.807) is 27.0 Å². The van der Waals surface area contributed by atoms with E-state index >= 15 is 0 Å². The van der Waals surface area contributed by atoms with E-state index in [2.05, 4.69) is 5.32 Å². The predicted octanol–water partition coefficient (Wildman–Crippen LogP) is 1.86. The normalized spacial score (nSPS) is 28.1. The van der Waals surface area contributed by atoms with Gasteiger partial charge in [0.15, 0.2) is 0 Å². The van der Waals surface area contributed by atoms with Crippen molar-refractivity contribution in [2.24, 2.45) is 0 Å². The van der Waals surface area contributed by atoms with Gasteiger partial charge in [-0.1, -0.05) is 0 Å². The molecule has 6 heteroatoms. The first-order valence-corrected chi connectivity index (χ1v) is 6.69. The lowest BCUT2D eigenvalue weighted by molar-refractivity contribution is -0.142. The van der Waals surface area contributed by atoms with Gasteiger partial charge in [0.05, 0.1) is 0 Å². The topological polar surface area (TPSA) is 75.6 Å². The average Bonchev–Trinajstić information content (AvgIpc) is 2.06. The minimum absolute atomic E-state index is 0.103. The van der Waals surface area contributed by atoms with Gasteiger partial charge in [-0.25, -0.2) is 4.79 Å². The summed E-state index contributed by atoms with van der Waals surface area (Å²) >= 11 is 1.32. The summed E-state index contributed by atoms with van der Waals surface area (Å²) in [6, 6.07) is -0.103. The molecular formula is C11H19NO4S. The minimum atomic E-state index is -0.813. The van der Waals surface area contributed by atoms with Crippen LogP contribution in [0.25, 0.3) is 0 Å². The predicted molar refractivity (Wildman–Crippen MR) is 66.3 cm³/mol. The van der Waals surface area contributed by atoms with Gasteiger partial charge in [-0.3, -0.25) is 4.79 Å². The maximum Gasteiger partial charge on any atom is 0.407 e. The third-order valence-electron chi connectivity index (χ3n) is 2.65. The Bertz CT molecular complexity index is 318. The molecule has 98 valence electrons. The van der Waals surface area contributed by atoms with Crippen LogP contribution in [-0.4, -0.2) is 39.8 Å². The lowest BCUT2D eigenvalue weighted by Crippen LogP contribution is -2.57. The molecule has 1 amide bonds. The van der Waals surface area contributed by atoms with Crippen LogP contribution in [0.4, 0.5) is 4.79 Å². The molecule has 0 heterocycles. The molecule has 0 radical (unpaired) electrons. The number of ether oxygens (including phenoxy) is 1. The van der Waals surface area contributed by atoms with Gasteiger partial charge in [0.2, 0.25) is 0 Å². The van der Waals surface area contributed by atoms with Crippen LogP contribution in [0.5, 0.6) is 0 Å². The van der Waals surface area contributed by atoms with Crippen LogP contribution >= 0.6 is 11.8 Å². The Morgan fingerprint density at radius 3 is 2.29 bits per heavy atom. The summed E-state index contributed by atoms with van der Waals surface area (Å²) in [6.07, 6.45) is 2.19. The number of hydrogen-bond donors (Lipinski definition) is 2. The Balaban J connectivity index is 2.39. The first-order chi connectivity index (χ1) is 7.68. The number of carbonyl (C=O) groups is 2. The van der Waals surface area contributed by atoms with Gasteiger partial charge < -0.3 is 15.2 Å². The minimum Gasteiger partial charge on any atom is -0.480 e. The number of thioether (sulfide) groups is 1. The summed E-state index contributed by atoms with van der Waals surface area (Å²) < 4.78 is 4.37. The molecule has 0 aromatic carbocycles. The monoisotopic (exact) mass is 261 g/mol. The van der Waals surface area contributed by atoms with Crippen LogP contribution in [0.15, 0.2) is 0 Å². The molecule has 0 saturated heterocycles. The number of alkyl carbamates (subject to hydrolysis) is 1. The second kappa shape index (κ2) is 4.76. The van der Waals surface area contributed by atoms with Crippen molar-refractivity contribution < 1.29 is 19.4 Å². The smallest absolute Gasteiger partial charge is 0.407 e. The fraction of sp³-hybridized carbons (Fsp3) is 0.818. The maximum atomic E-state index is 11.4. The van der Waals surface area contributed by atoms with E-state index in [0.717, 1.165) is 0 Å². The third-order valence-corrected chi connectivity index (χ3v) is 3.94. The molecule has 5 nitrogen and oxygen atoms in total. The lowest BCUT2D eigenvalue weighted by Gasteiger charge is -2.43. The van der Waals surface area contributed by atoms with Crippen molar-refractivity contribution in [3.63, 3.8) is 0 Å². The van der Waals surface area contributed by atoms with Crippen LogP contribution in [0, 0.1) is 0 Å². The molecule has 1 aliphatic carbocycles. The number of hydrogen-bond acceptors (Lipinski definition) is 4. The molecule has 0 aliphatic heterocycles. The van der Waals surface area contributed by atoms with Crippen LogP contribution in [-0.2, 0) is 9.53 Å². The molecule has 1 aliphatic rings. The largest absolute Gasteiger partial charge is 0.480 e. The highest BCUT2D eigenvalue weighted by molar-refractivity contribution is 8.00. The molecule has 1 rings (SSSR count). The maximum absolute atomic E-state index is 11.4. The molecular weight excluding hydrogens is 242 g/mol. The Labute approximate surface area is 105 Å². The van der Waals surface area contributed by atoms with Crippen LogP contribution in [0.1, 0.15) is 33.6 Å². The van der Waals surface area contributed by atoms with Gasteiger partial charge in [0.1, 0.15) is 10.3 Å². The van der Waals surface area contributed by atoms with Crippen molar-refractivity contribution in [1.82, 2.24) is 5.32 Å². The Hall–Kier alpha value is -0.910. The zero-order valence-corrected chi connectivity index (χ0v) is 11.4. The van der Waals surface area contributed by atoms with Crippen molar-refractivity contribution in [2.45, 2.75) is 50.0 Å². The zero-order valence-electron chi connectivity index (χ0n) is 10.6. The fourth-order valence-electron chi connectivity index (χ4n) is 1.74. The van der Waals surface area contributed by atoms with E-state index in [1.807, 2.05) is 0 Å². The van der Waals surface area contributed by atoms with E-state index in [1.165, 1.54) is 11.8 Å². The highest BCUT2D eigenvalue weighted by Gasteiger charge is 2.50. The van der Waals surface area contributed by atoms with Gasteiger partial charge in [0.25, 0.3) is 0 Å². The second-order valence-electron chi connectivity index (χ2n) is 5.25. The standard InChI is InChI=1S/C11H19NO4S/c1-10(2,3)16-9(15)12-7-5-11(6-7,17-4)8(13)14/h7H,5-6H2,1-4H3,(H,12,15)(H,13,14). The number of amides is 1. The van der Waals surface area contributed by atoms with Crippen LogP contribution in [0.2, 0.25) is 0 Å². The molecule has 2 N–H and O–H groups in total. The van der Waals surface area contributed by atoms with E-state index < -0.39 is 22.4 Å². The highest BCUT2D eigenvalue weighted by atomic mass is 32.2. The summed E-state index contributed by atoms with van der Waals surface area (Å²) in [4.78, 5) is 22.5. The van der Waals surface area contributed by atoms with Crippen LogP contribution < -0.4 is 5.32 Å². The van der Waals surface area contributed by atoms with Gasteiger partial charge in [-0.15, -0.1) is 11.8 Å². The Morgan fingerprint density at radius 2 is 1.94 bits per heavy atom. The third kappa shape index (κ3) is 3.52. The quantitative estimate of drug-likeness (QED) is 0.811. The summed E-state index contributed by atoms with van der Waals surface area (Å²) in [7, 11) is 0. The van der Waals surface area contributed by atoms with E-state index in [0.29, 0.717) is 12.8 Å². The van der Waals surface area contributed by atoms with Gasteiger partial charge >= 0.3 is 12.1 Å². The summed E-state index contributed by atoms with van der Waals surface area (Å²) in [5.74, 6) is -0.813. The summed E-state index contributed by atoms with van der Waals surface area (Å²) in [6.45, 7) is 5.37. The number of nitrogens with one attached hydrogen (secondary N) is 1. The van der Waals surface area contributed by atoms with Crippen LogP contribution in [0.3, 0.4) is 0 Å². The molecule has 1 fully saturated rings. The fourth-order valence-corrected chi connectivity index (χ4v) is 2.65. The Kier molecular flexibility index (Phi) is 3.96. The number of aliphatic carboxylic acids is 1. The molecule has 0 bridgehead atoms. The first-order valence-electron chi connectivity index (χ1n) is 5.46. The van der Waals surface area contributed by atoms with Crippen molar-refractivity contribution >= 4 is 23.8 Å². The number of carboxylic acids is 1. The van der Waals surface area contributed by atoms with Crippen molar-refractivity contribution in [1.29, 1.82) is 0 Å². The zero-order chi connectivity index (χ0) is 13.3. The molecule has 0 atom stereocenters. The molecule has 0 aromatic heterocycles. The Morgan fingerprint density at radius 1 is 1.41 bits per heavy atom. The van der Waals surface area contributed by atoms with Gasteiger partial charge in [-0.05, 0) is 39.9 Å². The summed E-state index contributed by atoms with van der Waals surface area (Å²) in [5.41, 5.74) is -0.531. The van der Waals surface area contributed by atoms with E-state index in [-0.39, 0.29) is 6.04 Å². The van der Waals surface area contributed by atoms with Gasteiger partial charge in [-0.2, -0.15) is 0 Å². The molecule has 17 heavy (non-hydrogen) atoms. The van der Waals surface area contributed by atoms with Crippen molar-refractivity contribution in [2.75, 3.05) is 6.26 Å². The van der Waals surface area contributed by atoms with E-state index in [4.69, 9.17) is 9.84 Å². The van der Waals surface area contributed by atoms with Crippen molar-refractivity contribution in [3.8, 4) is 0 Å². The lowest BCUT2D eigenvalue weighted by atomic mass is 9.79. The molecule has 1 saturated carbocycles. The first kappa shape index (κ1) is 14.2. The number of carbonyl (C=O) groups excluding carboxylic acids is 1. The number of carboxylic acid groups (broad SMARTS) is 1. The SMILES string of the molecule is CSC1(C(=O)O)CC(NC(=O)OC(C)(C)C)C1. The second-order valence-corrected chi connectivity index (χ2v) is 6.44. The number of rotatable bonds is 3. The molecule has 0 spiro atoms. The van der Waals surface area contributed by atoms with Gasteiger partial charge in [0, 0.05) is 6.04 Å².